The number of anilines is 1. The lowest BCUT2D eigenvalue weighted by Gasteiger charge is -2.28. The van der Waals surface area contributed by atoms with Crippen molar-refractivity contribution >= 4 is 23.4 Å². The van der Waals surface area contributed by atoms with Gasteiger partial charge in [-0.1, -0.05) is 30.3 Å². The van der Waals surface area contributed by atoms with E-state index in [0.29, 0.717) is 47.8 Å². The Hall–Kier alpha value is -4.94. The van der Waals surface area contributed by atoms with Gasteiger partial charge in [-0.15, -0.1) is 10.2 Å². The summed E-state index contributed by atoms with van der Waals surface area (Å²) in [6.45, 7) is 4.59. The Morgan fingerprint density at radius 1 is 0.939 bits per heavy atom. The van der Waals surface area contributed by atoms with Gasteiger partial charge in [0.2, 0.25) is 17.6 Å². The van der Waals surface area contributed by atoms with Crippen molar-refractivity contribution in [2.45, 2.75) is 51.1 Å². The number of carbonyl (C=O) groups is 3. The van der Waals surface area contributed by atoms with E-state index in [1.807, 2.05) is 43.3 Å². The fourth-order valence-corrected chi connectivity index (χ4v) is 7.41. The predicted molar refractivity (Wildman–Crippen MR) is 186 cm³/mol. The molecule has 2 heterocycles. The highest BCUT2D eigenvalue weighted by atomic mass is 16.2. The number of H-pyrrole nitrogens is 1. The van der Waals surface area contributed by atoms with Crippen molar-refractivity contribution in [2.75, 3.05) is 25.0 Å². The molecule has 1 aromatic heterocycles. The first-order valence-corrected chi connectivity index (χ1v) is 17.2. The monoisotopic (exact) mass is 661 g/mol. The third-order valence-corrected chi connectivity index (χ3v) is 10.5. The number of nitrogens with two attached hydrogens (primary N) is 1. The number of aromatic amines is 1. The second-order valence-electron chi connectivity index (χ2n) is 13.7. The van der Waals surface area contributed by atoms with E-state index in [9.17, 15) is 14.4 Å². The van der Waals surface area contributed by atoms with E-state index in [-0.39, 0.29) is 29.7 Å². The van der Waals surface area contributed by atoms with Crippen LogP contribution in [0.4, 0.5) is 5.69 Å². The minimum absolute atomic E-state index is 0.0553. The summed E-state index contributed by atoms with van der Waals surface area (Å²) in [7, 11) is 0. The Balaban J connectivity index is 1.08. The summed E-state index contributed by atoms with van der Waals surface area (Å²) in [5.41, 5.74) is 11.7. The van der Waals surface area contributed by atoms with Gasteiger partial charge < -0.3 is 27.0 Å². The second-order valence-corrected chi connectivity index (χ2v) is 13.7. The molecule has 2 unspecified atom stereocenters. The molecule has 3 fully saturated rings. The molecule has 0 radical (unpaired) electrons. The quantitative estimate of drug-likeness (QED) is 0.142. The molecule has 1 saturated heterocycles. The summed E-state index contributed by atoms with van der Waals surface area (Å²) in [5.74, 6) is 1.35. The molecule has 7 N–H and O–H groups in total. The van der Waals surface area contributed by atoms with Gasteiger partial charge in [0.05, 0.1) is 0 Å². The number of rotatable bonds is 11. The first-order chi connectivity index (χ1) is 23.9. The van der Waals surface area contributed by atoms with Crippen LogP contribution in [0.25, 0.3) is 22.5 Å². The Morgan fingerprint density at radius 3 is 2.43 bits per heavy atom. The highest BCUT2D eigenvalue weighted by Gasteiger charge is 2.53. The second kappa shape index (κ2) is 14.3. The lowest BCUT2D eigenvalue weighted by Crippen LogP contribution is -2.48. The Bertz CT molecular complexity index is 1790. The Kier molecular flexibility index (Phi) is 9.49. The van der Waals surface area contributed by atoms with Gasteiger partial charge in [0.1, 0.15) is 6.04 Å². The fourth-order valence-electron chi connectivity index (χ4n) is 7.41. The molecule has 12 heteroatoms. The lowest BCUT2D eigenvalue weighted by atomic mass is 9.81. The Morgan fingerprint density at radius 2 is 1.71 bits per heavy atom. The smallest absolute Gasteiger partial charge is 0.251 e. The number of benzene rings is 3. The van der Waals surface area contributed by atoms with Crippen LogP contribution in [-0.2, 0) is 16.0 Å². The van der Waals surface area contributed by atoms with Crippen LogP contribution in [0.3, 0.4) is 0 Å². The van der Waals surface area contributed by atoms with Crippen LogP contribution in [0.5, 0.6) is 0 Å². The van der Waals surface area contributed by atoms with E-state index in [0.717, 1.165) is 66.6 Å². The van der Waals surface area contributed by atoms with Gasteiger partial charge in [0, 0.05) is 48.3 Å². The van der Waals surface area contributed by atoms with Crippen molar-refractivity contribution in [1.29, 1.82) is 0 Å². The van der Waals surface area contributed by atoms with Gasteiger partial charge >= 0.3 is 0 Å². The van der Waals surface area contributed by atoms with Crippen LogP contribution in [-0.4, -0.2) is 70.1 Å². The number of aromatic nitrogens is 4. The number of hydrogen-bond acceptors (Lipinski definition) is 8. The van der Waals surface area contributed by atoms with Gasteiger partial charge in [0.15, 0.2) is 0 Å². The van der Waals surface area contributed by atoms with Gasteiger partial charge in [0.25, 0.3) is 5.91 Å². The van der Waals surface area contributed by atoms with Gasteiger partial charge in [-0.05, 0) is 121 Å². The number of amides is 3. The zero-order valence-corrected chi connectivity index (χ0v) is 27.6. The maximum absolute atomic E-state index is 13.8. The van der Waals surface area contributed by atoms with E-state index in [1.54, 1.807) is 24.3 Å². The van der Waals surface area contributed by atoms with E-state index in [1.165, 1.54) is 0 Å². The summed E-state index contributed by atoms with van der Waals surface area (Å²) in [5, 5.41) is 26.7. The average Bonchev–Trinajstić information content (AvgIpc) is 3.52. The lowest BCUT2D eigenvalue weighted by molar-refractivity contribution is -0.130. The number of piperidine rings is 1. The maximum atomic E-state index is 13.8. The van der Waals surface area contributed by atoms with E-state index >= 15 is 0 Å². The summed E-state index contributed by atoms with van der Waals surface area (Å²) >= 11 is 0. The SMILES string of the molecule is Cc1ccc(C[C@H](NC(=O)C2CCC(CN)CC2)C(=O)Nc2ccc(-c3nn[nH]n3)cc2)cc1-c1cccc(C(=O)NC2C3CNCC32)c1. The first kappa shape index (κ1) is 32.6. The largest absolute Gasteiger partial charge is 0.349 e. The van der Waals surface area contributed by atoms with E-state index < -0.39 is 6.04 Å². The van der Waals surface area contributed by atoms with Crippen LogP contribution >= 0.6 is 0 Å². The van der Waals surface area contributed by atoms with Crippen molar-refractivity contribution in [3.05, 3.63) is 83.4 Å². The van der Waals surface area contributed by atoms with Crippen molar-refractivity contribution in [2.24, 2.45) is 29.4 Å². The number of hydrogen-bond donors (Lipinski definition) is 6. The van der Waals surface area contributed by atoms with Crippen molar-refractivity contribution in [3.8, 4) is 22.5 Å². The van der Waals surface area contributed by atoms with Crippen LogP contribution < -0.4 is 27.0 Å². The molecule has 49 heavy (non-hydrogen) atoms. The molecule has 4 aromatic rings. The molecule has 0 bridgehead atoms. The third kappa shape index (κ3) is 7.40. The number of nitrogens with one attached hydrogen (secondary N) is 5. The number of carbonyl (C=O) groups excluding carboxylic acids is 3. The van der Waals surface area contributed by atoms with Gasteiger partial charge in [-0.25, -0.2) is 0 Å². The van der Waals surface area contributed by atoms with Crippen molar-refractivity contribution in [3.63, 3.8) is 0 Å². The highest BCUT2D eigenvalue weighted by molar-refractivity contribution is 5.98. The zero-order valence-electron chi connectivity index (χ0n) is 27.6. The standard InChI is InChI=1S/C37H43N9O3/c1-21-5-6-23(15-29(21)26-3-2-4-27(17-26)36(48)42-33-30-19-39-20-31(30)33)16-32(41-35(47)25-9-7-22(18-38)8-10-25)37(49)40-28-13-11-24(12-14-28)34-43-45-46-44-34/h2-6,11-15,17,22,25,30-33,39H,7-10,16,18-20,38H2,1H3,(H,40,49)(H,41,47)(H,42,48)(H,43,44,45,46)/t22?,25?,30?,31?,32-,33?/m0/s1. The molecule has 3 atom stereocenters. The molecule has 3 aliphatic rings. The molecule has 2 aliphatic carbocycles. The zero-order chi connectivity index (χ0) is 33.9. The number of tetrazole rings is 1. The first-order valence-electron chi connectivity index (χ1n) is 17.2. The molecular weight excluding hydrogens is 618 g/mol. The summed E-state index contributed by atoms with van der Waals surface area (Å²) in [4.78, 5) is 40.5. The normalized spacial score (nSPS) is 23.3. The minimum atomic E-state index is -0.809. The molecule has 3 amide bonds. The fraction of sp³-hybridized carbons (Fsp3) is 0.405. The van der Waals surface area contributed by atoms with Crippen LogP contribution in [0.1, 0.15) is 47.2 Å². The molecule has 254 valence electrons. The van der Waals surface area contributed by atoms with Crippen molar-refractivity contribution in [1.82, 2.24) is 36.6 Å². The predicted octanol–water partition coefficient (Wildman–Crippen LogP) is 3.22. The maximum Gasteiger partial charge on any atom is 0.251 e. The molecule has 2 saturated carbocycles. The summed E-state index contributed by atoms with van der Waals surface area (Å²) in [6.07, 6.45) is 3.64. The number of fused-ring (bicyclic) bond motifs is 1. The van der Waals surface area contributed by atoms with E-state index in [4.69, 9.17) is 5.73 Å². The van der Waals surface area contributed by atoms with Crippen LogP contribution in [0, 0.1) is 30.6 Å². The topological polar surface area (TPSA) is 180 Å². The molecule has 1 aliphatic heterocycles. The molecular formula is C37H43N9O3. The van der Waals surface area contributed by atoms with E-state index in [2.05, 4.69) is 48.0 Å². The molecule has 12 nitrogen and oxygen atoms in total. The van der Waals surface area contributed by atoms with Crippen LogP contribution in [0.15, 0.2) is 66.7 Å². The number of nitrogens with zero attached hydrogens (tertiary/aromatic N) is 3. The van der Waals surface area contributed by atoms with Crippen molar-refractivity contribution < 1.29 is 14.4 Å². The van der Waals surface area contributed by atoms with Gasteiger partial charge in [-0.3, -0.25) is 14.4 Å². The third-order valence-electron chi connectivity index (χ3n) is 10.5. The summed E-state index contributed by atoms with van der Waals surface area (Å²) < 4.78 is 0. The average molecular weight is 662 g/mol. The minimum Gasteiger partial charge on any atom is -0.349 e. The number of aryl methyl sites for hydroxylation is 1. The molecule has 7 rings (SSSR count). The summed E-state index contributed by atoms with van der Waals surface area (Å²) in [6, 6.07) is 20.4. The van der Waals surface area contributed by atoms with Crippen LogP contribution in [0.2, 0.25) is 0 Å². The molecule has 3 aromatic carbocycles. The molecule has 0 spiro atoms. The Labute approximate surface area is 285 Å². The highest BCUT2D eigenvalue weighted by Crippen LogP contribution is 2.41. The van der Waals surface area contributed by atoms with Gasteiger partial charge in [-0.2, -0.15) is 5.21 Å².